The van der Waals surface area contributed by atoms with Gasteiger partial charge < -0.3 is 15.8 Å². The Bertz CT molecular complexity index is 725. The molecule has 2 heterocycles. The number of halogens is 1. The van der Waals surface area contributed by atoms with Gasteiger partial charge in [-0.25, -0.2) is 8.42 Å². The highest BCUT2D eigenvalue weighted by Gasteiger charge is 2.38. The van der Waals surface area contributed by atoms with Crippen molar-refractivity contribution < 1.29 is 17.9 Å². The van der Waals surface area contributed by atoms with E-state index in [1.807, 2.05) is 0 Å². The fourth-order valence-corrected chi connectivity index (χ4v) is 4.95. The van der Waals surface area contributed by atoms with Gasteiger partial charge in [0.25, 0.3) is 5.91 Å². The van der Waals surface area contributed by atoms with Crippen LogP contribution in [0.5, 0.6) is 5.75 Å². The average molecular weight is 376 g/mol. The molecule has 134 valence electrons. The number of fused-ring (bicyclic) bond motifs is 1. The molecule has 0 spiro atoms. The minimum absolute atomic E-state index is 0. The second-order valence-corrected chi connectivity index (χ2v) is 7.99. The van der Waals surface area contributed by atoms with E-state index in [2.05, 4.69) is 5.32 Å². The van der Waals surface area contributed by atoms with E-state index in [0.717, 1.165) is 19.5 Å². The summed E-state index contributed by atoms with van der Waals surface area (Å²) < 4.78 is 32.3. The Labute approximate surface area is 148 Å². The van der Waals surface area contributed by atoms with Crippen molar-refractivity contribution in [3.63, 3.8) is 0 Å². The number of carbonyl (C=O) groups is 1. The van der Waals surface area contributed by atoms with Crippen molar-refractivity contribution in [1.82, 2.24) is 9.62 Å². The van der Waals surface area contributed by atoms with E-state index >= 15 is 0 Å². The molecule has 2 fully saturated rings. The Morgan fingerprint density at radius 3 is 2.71 bits per heavy atom. The molecular formula is C15H22ClN3O4S. The van der Waals surface area contributed by atoms with Crippen LogP contribution < -0.4 is 15.8 Å². The Morgan fingerprint density at radius 2 is 2.04 bits per heavy atom. The van der Waals surface area contributed by atoms with Crippen LogP contribution in [0, 0.1) is 11.8 Å². The summed E-state index contributed by atoms with van der Waals surface area (Å²) in [5, 5.41) is 3.32. The zero-order valence-electron chi connectivity index (χ0n) is 13.4. The fraction of sp³-hybridized carbons (Fsp3) is 0.533. The number of hydrogen-bond acceptors (Lipinski definition) is 5. The first kappa shape index (κ1) is 19.0. The zero-order valence-corrected chi connectivity index (χ0v) is 15.0. The van der Waals surface area contributed by atoms with Crippen LogP contribution in [-0.4, -0.2) is 51.9 Å². The molecule has 2 aliphatic heterocycles. The molecule has 3 rings (SSSR count). The Hall–Kier alpha value is -1.35. The molecule has 24 heavy (non-hydrogen) atoms. The minimum Gasteiger partial charge on any atom is -0.496 e. The Kier molecular flexibility index (Phi) is 5.74. The van der Waals surface area contributed by atoms with Crippen LogP contribution in [0.1, 0.15) is 16.8 Å². The molecule has 0 saturated carbocycles. The van der Waals surface area contributed by atoms with Crippen LogP contribution >= 0.6 is 12.4 Å². The van der Waals surface area contributed by atoms with Gasteiger partial charge in [-0.3, -0.25) is 4.79 Å². The van der Waals surface area contributed by atoms with E-state index < -0.39 is 15.9 Å². The third-order valence-electron chi connectivity index (χ3n) is 4.74. The lowest BCUT2D eigenvalue weighted by atomic mass is 9.90. The van der Waals surface area contributed by atoms with Crippen molar-refractivity contribution >= 4 is 28.3 Å². The molecule has 0 aliphatic carbocycles. The first-order valence-electron chi connectivity index (χ1n) is 7.62. The maximum Gasteiger partial charge on any atom is 0.252 e. The highest BCUT2D eigenvalue weighted by Crippen LogP contribution is 2.31. The second-order valence-electron chi connectivity index (χ2n) is 6.06. The number of nitrogens with zero attached hydrogens (tertiary/aromatic N) is 1. The summed E-state index contributed by atoms with van der Waals surface area (Å²) in [5.74, 6) is 0.471. The molecule has 2 unspecified atom stereocenters. The van der Waals surface area contributed by atoms with Gasteiger partial charge in [0.1, 0.15) is 5.75 Å². The van der Waals surface area contributed by atoms with E-state index in [1.165, 1.54) is 29.6 Å². The van der Waals surface area contributed by atoms with Gasteiger partial charge in [-0.15, -0.1) is 12.4 Å². The number of rotatable bonds is 4. The lowest BCUT2D eigenvalue weighted by molar-refractivity contribution is 0.0997. The topological polar surface area (TPSA) is 102 Å². The van der Waals surface area contributed by atoms with Gasteiger partial charge in [-0.1, -0.05) is 0 Å². The van der Waals surface area contributed by atoms with Gasteiger partial charge in [-0.2, -0.15) is 4.31 Å². The first-order chi connectivity index (χ1) is 10.9. The molecule has 3 N–H and O–H groups in total. The van der Waals surface area contributed by atoms with Crippen molar-refractivity contribution in [2.75, 3.05) is 33.3 Å². The quantitative estimate of drug-likeness (QED) is 0.795. The van der Waals surface area contributed by atoms with Gasteiger partial charge in [0.15, 0.2) is 0 Å². The number of sulfonamides is 1. The maximum absolute atomic E-state index is 12.9. The standard InChI is InChI=1S/C15H21N3O4S.ClH/c1-22-14-3-2-12(6-13(14)15(16)19)23(20,21)18-5-4-10-7-17-8-11(10)9-18;/h2-3,6,10-11,17H,4-5,7-9H2,1H3,(H2,16,19);1H. The predicted molar refractivity (Wildman–Crippen MR) is 92.0 cm³/mol. The van der Waals surface area contributed by atoms with E-state index in [4.69, 9.17) is 10.5 Å². The Balaban J connectivity index is 0.00000208. The number of hydrogen-bond donors (Lipinski definition) is 2. The van der Waals surface area contributed by atoms with Gasteiger partial charge in [0, 0.05) is 13.1 Å². The summed E-state index contributed by atoms with van der Waals surface area (Å²) >= 11 is 0. The molecule has 9 heteroatoms. The number of benzene rings is 1. The number of primary amides is 1. The van der Waals surface area contributed by atoms with Crippen LogP contribution in [0.15, 0.2) is 23.1 Å². The molecule has 1 aromatic carbocycles. The van der Waals surface area contributed by atoms with Crippen molar-refractivity contribution in [2.24, 2.45) is 17.6 Å². The molecule has 0 bridgehead atoms. The number of piperidine rings is 1. The van der Waals surface area contributed by atoms with Crippen LogP contribution in [0.3, 0.4) is 0 Å². The fourth-order valence-electron chi connectivity index (χ4n) is 3.41. The van der Waals surface area contributed by atoms with Gasteiger partial charge in [0.2, 0.25) is 10.0 Å². The molecular weight excluding hydrogens is 354 g/mol. The molecule has 0 aromatic heterocycles. The summed E-state index contributed by atoms with van der Waals surface area (Å²) in [6, 6.07) is 4.23. The number of amides is 1. The molecule has 1 amide bonds. The van der Waals surface area contributed by atoms with Crippen LogP contribution in [0.4, 0.5) is 0 Å². The summed E-state index contributed by atoms with van der Waals surface area (Å²) in [4.78, 5) is 11.6. The molecule has 2 aliphatic rings. The van der Waals surface area contributed by atoms with Crippen molar-refractivity contribution in [3.05, 3.63) is 23.8 Å². The molecule has 2 atom stereocenters. The highest BCUT2D eigenvalue weighted by molar-refractivity contribution is 7.89. The number of nitrogens with one attached hydrogen (secondary N) is 1. The number of nitrogens with two attached hydrogens (primary N) is 1. The van der Waals surface area contributed by atoms with Crippen LogP contribution in [-0.2, 0) is 10.0 Å². The number of methoxy groups -OCH3 is 1. The lowest BCUT2D eigenvalue weighted by Gasteiger charge is -2.33. The SMILES string of the molecule is COc1ccc(S(=O)(=O)N2CCC3CNCC3C2)cc1C(N)=O.Cl. The molecule has 2 saturated heterocycles. The molecule has 1 aromatic rings. The third-order valence-corrected chi connectivity index (χ3v) is 6.60. The van der Waals surface area contributed by atoms with Crippen molar-refractivity contribution in [2.45, 2.75) is 11.3 Å². The van der Waals surface area contributed by atoms with Crippen LogP contribution in [0.2, 0.25) is 0 Å². The van der Waals surface area contributed by atoms with Crippen molar-refractivity contribution in [3.8, 4) is 5.75 Å². The van der Waals surface area contributed by atoms with E-state index in [1.54, 1.807) is 0 Å². The zero-order chi connectivity index (χ0) is 16.6. The third kappa shape index (κ3) is 3.37. The van der Waals surface area contributed by atoms with E-state index in [-0.39, 0.29) is 28.6 Å². The summed E-state index contributed by atoms with van der Waals surface area (Å²) in [6.45, 7) is 2.83. The van der Waals surface area contributed by atoms with Gasteiger partial charge in [0.05, 0.1) is 17.6 Å². The van der Waals surface area contributed by atoms with E-state index in [9.17, 15) is 13.2 Å². The molecule has 7 nitrogen and oxygen atoms in total. The highest BCUT2D eigenvalue weighted by atomic mass is 35.5. The minimum atomic E-state index is -3.64. The van der Waals surface area contributed by atoms with Crippen molar-refractivity contribution in [1.29, 1.82) is 0 Å². The Morgan fingerprint density at radius 1 is 1.33 bits per heavy atom. The second kappa shape index (κ2) is 7.26. The van der Waals surface area contributed by atoms with Crippen LogP contribution in [0.25, 0.3) is 0 Å². The average Bonchev–Trinajstić information content (AvgIpc) is 3.01. The van der Waals surface area contributed by atoms with Gasteiger partial charge >= 0.3 is 0 Å². The lowest BCUT2D eigenvalue weighted by Crippen LogP contribution is -2.43. The monoisotopic (exact) mass is 375 g/mol. The summed E-state index contributed by atoms with van der Waals surface area (Å²) in [5.41, 5.74) is 5.39. The summed E-state index contributed by atoms with van der Waals surface area (Å²) in [7, 11) is -2.23. The molecule has 0 radical (unpaired) electrons. The normalized spacial score (nSPS) is 24.0. The predicted octanol–water partition coefficient (Wildman–Crippen LogP) is 0.446. The smallest absolute Gasteiger partial charge is 0.252 e. The van der Waals surface area contributed by atoms with E-state index in [0.29, 0.717) is 24.9 Å². The number of ether oxygens (including phenoxy) is 1. The number of carbonyl (C=O) groups excluding carboxylic acids is 1. The summed E-state index contributed by atoms with van der Waals surface area (Å²) in [6.07, 6.45) is 0.857. The maximum atomic E-state index is 12.9. The van der Waals surface area contributed by atoms with Gasteiger partial charge in [-0.05, 0) is 49.5 Å². The first-order valence-corrected chi connectivity index (χ1v) is 9.06. The largest absolute Gasteiger partial charge is 0.496 e.